The zero-order valence-corrected chi connectivity index (χ0v) is 11.8. The summed E-state index contributed by atoms with van der Waals surface area (Å²) in [5, 5.41) is 4.31. The van der Waals surface area contributed by atoms with Gasteiger partial charge in [-0.1, -0.05) is 6.92 Å². The summed E-state index contributed by atoms with van der Waals surface area (Å²) in [6.45, 7) is 2.01. The Morgan fingerprint density at radius 3 is 2.65 bits per heavy atom. The van der Waals surface area contributed by atoms with Crippen LogP contribution >= 0.6 is 0 Å². The van der Waals surface area contributed by atoms with Crippen LogP contribution in [0.4, 0.5) is 0 Å². The van der Waals surface area contributed by atoms with Crippen LogP contribution in [0.1, 0.15) is 41.4 Å². The van der Waals surface area contributed by atoms with Gasteiger partial charge >= 0.3 is 0 Å². The number of aromatic nitrogens is 2. The summed E-state index contributed by atoms with van der Waals surface area (Å²) in [6, 6.07) is 7.39. The van der Waals surface area contributed by atoms with Crippen molar-refractivity contribution in [2.75, 3.05) is 0 Å². The van der Waals surface area contributed by atoms with E-state index < -0.39 is 0 Å². The Bertz CT molecular complexity index is 624. The molecular formula is C16H18N2O2. The molecule has 20 heavy (non-hydrogen) atoms. The number of aryl methyl sites for hydroxylation is 2. The Hall–Kier alpha value is -2.10. The maximum Gasteiger partial charge on any atom is 0.196 e. The average Bonchev–Trinajstić information content (AvgIpc) is 3.19. The highest BCUT2D eigenvalue weighted by Crippen LogP contribution is 2.27. The second-order valence-corrected chi connectivity index (χ2v) is 5.19. The highest BCUT2D eigenvalue weighted by Gasteiger charge is 2.23. The van der Waals surface area contributed by atoms with Gasteiger partial charge in [0, 0.05) is 18.8 Å². The summed E-state index contributed by atoms with van der Waals surface area (Å²) in [4.78, 5) is 12.5. The van der Waals surface area contributed by atoms with E-state index in [9.17, 15) is 4.79 Å². The van der Waals surface area contributed by atoms with E-state index in [0.717, 1.165) is 30.7 Å². The number of benzene rings is 1. The minimum absolute atomic E-state index is 0.0212. The van der Waals surface area contributed by atoms with Crippen LogP contribution in [0, 0.1) is 0 Å². The van der Waals surface area contributed by atoms with Gasteiger partial charge in [0.25, 0.3) is 0 Å². The van der Waals surface area contributed by atoms with Gasteiger partial charge in [-0.2, -0.15) is 5.10 Å². The smallest absolute Gasteiger partial charge is 0.196 e. The molecule has 0 radical (unpaired) electrons. The number of hydrogen-bond acceptors (Lipinski definition) is 3. The summed E-state index contributed by atoms with van der Waals surface area (Å²) in [5.74, 6) is 0.860. The fraction of sp³-hybridized carbons (Fsp3) is 0.375. The Kier molecular flexibility index (Phi) is 3.30. The van der Waals surface area contributed by atoms with Crippen LogP contribution in [0.2, 0.25) is 0 Å². The fourth-order valence-electron chi connectivity index (χ4n) is 2.20. The average molecular weight is 270 g/mol. The van der Waals surface area contributed by atoms with Gasteiger partial charge in [0.2, 0.25) is 0 Å². The molecule has 0 unspecified atom stereocenters. The lowest BCUT2D eigenvalue weighted by Crippen LogP contribution is -2.03. The fourth-order valence-corrected chi connectivity index (χ4v) is 2.20. The first-order chi connectivity index (χ1) is 9.67. The molecule has 1 aromatic heterocycles. The third-order valence-corrected chi connectivity index (χ3v) is 3.43. The van der Waals surface area contributed by atoms with Gasteiger partial charge in [-0.25, -0.2) is 0 Å². The van der Waals surface area contributed by atoms with E-state index in [0.29, 0.717) is 17.2 Å². The molecule has 1 aliphatic carbocycles. The van der Waals surface area contributed by atoms with Crippen LogP contribution < -0.4 is 4.74 Å². The van der Waals surface area contributed by atoms with Crippen molar-refractivity contribution in [1.29, 1.82) is 0 Å². The minimum Gasteiger partial charge on any atom is -0.490 e. The SMILES string of the molecule is CCc1nn(C)cc1C(=O)c1ccc(OC2CC2)cc1. The molecule has 0 bridgehead atoms. The molecule has 1 heterocycles. The van der Waals surface area contributed by atoms with Gasteiger partial charge in [-0.05, 0) is 43.5 Å². The standard InChI is InChI=1S/C16H18N2O2/c1-3-15-14(10-18(2)17-15)16(19)11-4-6-12(7-5-11)20-13-8-9-13/h4-7,10,13H,3,8-9H2,1-2H3. The Labute approximate surface area is 118 Å². The van der Waals surface area contributed by atoms with Gasteiger partial charge in [0.1, 0.15) is 5.75 Å². The number of rotatable bonds is 5. The topological polar surface area (TPSA) is 44.1 Å². The van der Waals surface area contributed by atoms with E-state index >= 15 is 0 Å². The third-order valence-electron chi connectivity index (χ3n) is 3.43. The van der Waals surface area contributed by atoms with Gasteiger partial charge in [0.15, 0.2) is 5.78 Å². The van der Waals surface area contributed by atoms with Gasteiger partial charge < -0.3 is 4.74 Å². The number of ketones is 1. The van der Waals surface area contributed by atoms with Crippen LogP contribution in [0.15, 0.2) is 30.5 Å². The van der Waals surface area contributed by atoms with Gasteiger partial charge in [-0.15, -0.1) is 0 Å². The van der Waals surface area contributed by atoms with Crippen molar-refractivity contribution in [2.24, 2.45) is 7.05 Å². The van der Waals surface area contributed by atoms with E-state index in [4.69, 9.17) is 4.74 Å². The zero-order chi connectivity index (χ0) is 14.1. The molecule has 2 aromatic rings. The Morgan fingerprint density at radius 1 is 1.35 bits per heavy atom. The van der Waals surface area contributed by atoms with Crippen LogP contribution in [0.5, 0.6) is 5.75 Å². The minimum atomic E-state index is 0.0212. The predicted molar refractivity (Wildman–Crippen MR) is 76.1 cm³/mol. The van der Waals surface area contributed by atoms with E-state index in [1.807, 2.05) is 38.2 Å². The van der Waals surface area contributed by atoms with E-state index in [1.54, 1.807) is 10.9 Å². The first kappa shape index (κ1) is 12.9. The lowest BCUT2D eigenvalue weighted by Gasteiger charge is -2.05. The second kappa shape index (κ2) is 5.12. The van der Waals surface area contributed by atoms with Crippen molar-refractivity contribution in [3.63, 3.8) is 0 Å². The normalized spacial score (nSPS) is 14.3. The molecule has 104 valence electrons. The highest BCUT2D eigenvalue weighted by atomic mass is 16.5. The maximum absolute atomic E-state index is 12.5. The van der Waals surface area contributed by atoms with Gasteiger partial charge in [-0.3, -0.25) is 9.48 Å². The molecule has 0 atom stereocenters. The lowest BCUT2D eigenvalue weighted by molar-refractivity contribution is 0.103. The number of carbonyl (C=O) groups excluding carboxylic acids is 1. The molecule has 1 aromatic carbocycles. The molecule has 0 saturated heterocycles. The Balaban J connectivity index is 1.81. The maximum atomic E-state index is 12.5. The van der Waals surface area contributed by atoms with Crippen LogP contribution in [0.3, 0.4) is 0 Å². The molecule has 4 nitrogen and oxygen atoms in total. The molecule has 1 saturated carbocycles. The van der Waals surface area contributed by atoms with E-state index in [-0.39, 0.29) is 5.78 Å². The van der Waals surface area contributed by atoms with Crippen molar-refractivity contribution in [3.8, 4) is 5.75 Å². The van der Waals surface area contributed by atoms with Gasteiger partial charge in [0.05, 0.1) is 17.4 Å². The van der Waals surface area contributed by atoms with Crippen LogP contribution in [0.25, 0.3) is 0 Å². The quantitative estimate of drug-likeness (QED) is 0.785. The lowest BCUT2D eigenvalue weighted by atomic mass is 10.0. The molecule has 0 aliphatic heterocycles. The van der Waals surface area contributed by atoms with E-state index in [2.05, 4.69) is 5.10 Å². The zero-order valence-electron chi connectivity index (χ0n) is 11.8. The first-order valence-electron chi connectivity index (χ1n) is 7.01. The molecule has 0 spiro atoms. The van der Waals surface area contributed by atoms with Crippen molar-refractivity contribution < 1.29 is 9.53 Å². The van der Waals surface area contributed by atoms with Crippen molar-refractivity contribution >= 4 is 5.78 Å². The molecule has 1 aliphatic rings. The third kappa shape index (κ3) is 2.59. The van der Waals surface area contributed by atoms with Crippen molar-refractivity contribution in [3.05, 3.63) is 47.3 Å². The molecule has 4 heteroatoms. The Morgan fingerprint density at radius 2 is 2.05 bits per heavy atom. The summed E-state index contributed by atoms with van der Waals surface area (Å²) in [6.07, 6.45) is 5.19. The number of ether oxygens (including phenoxy) is 1. The largest absolute Gasteiger partial charge is 0.490 e. The molecule has 0 N–H and O–H groups in total. The van der Waals surface area contributed by atoms with Crippen molar-refractivity contribution in [2.45, 2.75) is 32.3 Å². The molecular weight excluding hydrogens is 252 g/mol. The van der Waals surface area contributed by atoms with E-state index in [1.165, 1.54) is 0 Å². The number of hydrogen-bond donors (Lipinski definition) is 0. The number of nitrogens with zero attached hydrogens (tertiary/aromatic N) is 2. The summed E-state index contributed by atoms with van der Waals surface area (Å²) >= 11 is 0. The predicted octanol–water partition coefficient (Wildman–Crippen LogP) is 2.75. The number of carbonyl (C=O) groups is 1. The molecule has 0 amide bonds. The highest BCUT2D eigenvalue weighted by molar-refractivity contribution is 6.09. The summed E-state index contributed by atoms with van der Waals surface area (Å²) in [5.41, 5.74) is 2.21. The molecule has 3 rings (SSSR count). The second-order valence-electron chi connectivity index (χ2n) is 5.19. The monoisotopic (exact) mass is 270 g/mol. The van der Waals surface area contributed by atoms with Crippen molar-refractivity contribution in [1.82, 2.24) is 9.78 Å². The molecule has 1 fully saturated rings. The summed E-state index contributed by atoms with van der Waals surface area (Å²) in [7, 11) is 1.84. The first-order valence-corrected chi connectivity index (χ1v) is 7.01. The summed E-state index contributed by atoms with van der Waals surface area (Å²) < 4.78 is 7.38. The van der Waals surface area contributed by atoms with Crippen LogP contribution in [-0.2, 0) is 13.5 Å². The van der Waals surface area contributed by atoms with Crippen LogP contribution in [-0.4, -0.2) is 21.7 Å².